The molecule has 0 aliphatic carbocycles. The summed E-state index contributed by atoms with van der Waals surface area (Å²) in [6.45, 7) is 0. The van der Waals surface area contributed by atoms with E-state index in [1.165, 1.54) is 0 Å². The standard InChI is InChI=1S/C18H18N12O/c19-14-25-13(26-15(20)27-14)7-11-5-6-12(31-11)8-23-9-1-3-10(4-2-9)24-18-29-16(21)28-17(22)30-18/h1-6,8H,7H2,(H4,19,20,25,26,27)(H5,21,22,24,28,29,30). The van der Waals surface area contributed by atoms with Gasteiger partial charge in [0.1, 0.15) is 17.3 Å². The summed E-state index contributed by atoms with van der Waals surface area (Å²) in [7, 11) is 0. The largest absolute Gasteiger partial charge is 0.460 e. The van der Waals surface area contributed by atoms with E-state index in [1.807, 2.05) is 24.3 Å². The van der Waals surface area contributed by atoms with Crippen LogP contribution in [0.15, 0.2) is 45.8 Å². The number of anilines is 6. The minimum atomic E-state index is 0.0384. The van der Waals surface area contributed by atoms with Gasteiger partial charge in [-0.25, -0.2) is 0 Å². The van der Waals surface area contributed by atoms with Crippen molar-refractivity contribution in [2.75, 3.05) is 28.3 Å². The van der Waals surface area contributed by atoms with Gasteiger partial charge in [0.05, 0.1) is 18.3 Å². The van der Waals surface area contributed by atoms with E-state index in [1.54, 1.807) is 18.3 Å². The topological polar surface area (TPSA) is 219 Å². The third-order valence-electron chi connectivity index (χ3n) is 3.87. The van der Waals surface area contributed by atoms with Gasteiger partial charge in [-0.05, 0) is 36.4 Å². The first-order valence-corrected chi connectivity index (χ1v) is 8.96. The summed E-state index contributed by atoms with van der Waals surface area (Å²) in [6.07, 6.45) is 1.94. The number of hydrogen-bond donors (Lipinski definition) is 5. The Morgan fingerprint density at radius 2 is 1.39 bits per heavy atom. The van der Waals surface area contributed by atoms with Gasteiger partial charge in [-0.2, -0.15) is 29.9 Å². The maximum Gasteiger partial charge on any atom is 0.233 e. The number of hydrogen-bond acceptors (Lipinski definition) is 13. The zero-order valence-corrected chi connectivity index (χ0v) is 16.1. The van der Waals surface area contributed by atoms with Crippen LogP contribution in [0.2, 0.25) is 0 Å². The van der Waals surface area contributed by atoms with Gasteiger partial charge in [0, 0.05) is 5.69 Å². The molecule has 4 aromatic rings. The zero-order chi connectivity index (χ0) is 21.8. The molecule has 3 aromatic heterocycles. The number of nitrogens with one attached hydrogen (secondary N) is 1. The van der Waals surface area contributed by atoms with E-state index in [-0.39, 0.29) is 29.7 Å². The summed E-state index contributed by atoms with van der Waals surface area (Å²) in [5.74, 6) is 2.10. The molecule has 3 heterocycles. The van der Waals surface area contributed by atoms with Crippen LogP contribution >= 0.6 is 0 Å². The molecule has 0 amide bonds. The maximum absolute atomic E-state index is 5.72. The molecule has 0 fully saturated rings. The number of rotatable bonds is 6. The van der Waals surface area contributed by atoms with Gasteiger partial charge in [-0.15, -0.1) is 0 Å². The van der Waals surface area contributed by atoms with Gasteiger partial charge < -0.3 is 32.7 Å². The number of nitrogens with two attached hydrogens (primary N) is 4. The molecule has 0 unspecified atom stereocenters. The van der Waals surface area contributed by atoms with Crippen LogP contribution in [0.3, 0.4) is 0 Å². The van der Waals surface area contributed by atoms with Crippen LogP contribution in [0.5, 0.6) is 0 Å². The second kappa shape index (κ2) is 8.28. The minimum Gasteiger partial charge on any atom is -0.460 e. The van der Waals surface area contributed by atoms with Crippen LogP contribution in [0, 0.1) is 0 Å². The fourth-order valence-corrected chi connectivity index (χ4v) is 2.61. The van der Waals surface area contributed by atoms with Crippen molar-refractivity contribution in [2.45, 2.75) is 6.42 Å². The highest BCUT2D eigenvalue weighted by molar-refractivity contribution is 5.78. The summed E-state index contributed by atoms with van der Waals surface area (Å²) >= 11 is 0. The van der Waals surface area contributed by atoms with Crippen LogP contribution in [-0.4, -0.2) is 36.1 Å². The first kappa shape index (κ1) is 19.5. The second-order valence-electron chi connectivity index (χ2n) is 6.25. The van der Waals surface area contributed by atoms with Gasteiger partial charge in [0.25, 0.3) is 0 Å². The van der Waals surface area contributed by atoms with Gasteiger partial charge in [0.15, 0.2) is 0 Å². The summed E-state index contributed by atoms with van der Waals surface area (Å²) < 4.78 is 5.72. The molecular weight excluding hydrogens is 400 g/mol. The molecule has 0 radical (unpaired) electrons. The zero-order valence-electron chi connectivity index (χ0n) is 16.1. The minimum absolute atomic E-state index is 0.0384. The molecule has 0 spiro atoms. The van der Waals surface area contributed by atoms with E-state index in [0.29, 0.717) is 23.8 Å². The van der Waals surface area contributed by atoms with E-state index in [2.05, 4.69) is 40.2 Å². The molecule has 4 rings (SSSR count). The summed E-state index contributed by atoms with van der Waals surface area (Å²) in [5.41, 5.74) is 23.7. The number of benzene rings is 1. The quantitative estimate of drug-likeness (QED) is 0.277. The van der Waals surface area contributed by atoms with Crippen LogP contribution in [0.4, 0.5) is 41.1 Å². The van der Waals surface area contributed by atoms with Gasteiger partial charge in [0.2, 0.25) is 29.7 Å². The molecule has 31 heavy (non-hydrogen) atoms. The van der Waals surface area contributed by atoms with Crippen LogP contribution in [0.1, 0.15) is 17.3 Å². The lowest BCUT2D eigenvalue weighted by Crippen LogP contribution is -2.06. The van der Waals surface area contributed by atoms with Crippen molar-refractivity contribution >= 4 is 47.3 Å². The van der Waals surface area contributed by atoms with E-state index < -0.39 is 0 Å². The molecule has 0 aliphatic heterocycles. The van der Waals surface area contributed by atoms with Crippen molar-refractivity contribution in [3.8, 4) is 0 Å². The Kier molecular flexibility index (Phi) is 5.21. The normalized spacial score (nSPS) is 11.1. The van der Waals surface area contributed by atoms with E-state index in [4.69, 9.17) is 27.4 Å². The maximum atomic E-state index is 5.72. The molecule has 0 saturated heterocycles. The predicted molar refractivity (Wildman–Crippen MR) is 116 cm³/mol. The average molecular weight is 418 g/mol. The van der Waals surface area contributed by atoms with Crippen molar-refractivity contribution in [3.63, 3.8) is 0 Å². The van der Waals surface area contributed by atoms with E-state index in [9.17, 15) is 0 Å². The fraction of sp³-hybridized carbons (Fsp3) is 0.0556. The molecule has 156 valence electrons. The summed E-state index contributed by atoms with van der Waals surface area (Å²) in [4.78, 5) is 27.8. The van der Waals surface area contributed by atoms with Crippen molar-refractivity contribution in [2.24, 2.45) is 4.99 Å². The van der Waals surface area contributed by atoms with Crippen LogP contribution < -0.4 is 28.3 Å². The Bertz CT molecular complexity index is 1190. The van der Waals surface area contributed by atoms with Gasteiger partial charge >= 0.3 is 0 Å². The van der Waals surface area contributed by atoms with Crippen LogP contribution in [-0.2, 0) is 6.42 Å². The summed E-state index contributed by atoms with van der Waals surface area (Å²) in [6, 6.07) is 10.8. The molecule has 13 nitrogen and oxygen atoms in total. The Morgan fingerprint density at radius 1 is 0.774 bits per heavy atom. The smallest absolute Gasteiger partial charge is 0.233 e. The van der Waals surface area contributed by atoms with E-state index in [0.717, 1.165) is 11.4 Å². The Morgan fingerprint density at radius 3 is 2.03 bits per heavy atom. The monoisotopic (exact) mass is 418 g/mol. The Hall–Kier alpha value is -4.81. The van der Waals surface area contributed by atoms with Gasteiger partial charge in [-0.3, -0.25) is 4.99 Å². The van der Waals surface area contributed by atoms with Crippen LogP contribution in [0.25, 0.3) is 0 Å². The Labute approximate surface area is 175 Å². The number of aliphatic imine (C=N–C) groups is 1. The highest BCUT2D eigenvalue weighted by Gasteiger charge is 2.07. The highest BCUT2D eigenvalue weighted by atomic mass is 16.3. The SMILES string of the molecule is Nc1nc(N)nc(Cc2ccc(C=Nc3ccc(Nc4nc(N)nc(N)n4)cc3)o2)n1. The lowest BCUT2D eigenvalue weighted by Gasteiger charge is -2.05. The molecule has 0 bridgehead atoms. The third-order valence-corrected chi connectivity index (χ3v) is 3.87. The lowest BCUT2D eigenvalue weighted by molar-refractivity contribution is 0.511. The third kappa shape index (κ3) is 5.17. The first-order valence-electron chi connectivity index (χ1n) is 8.96. The molecule has 0 saturated carbocycles. The molecule has 0 atom stereocenters. The molecule has 9 N–H and O–H groups in total. The lowest BCUT2D eigenvalue weighted by atomic mass is 10.3. The number of nitrogens with zero attached hydrogens (tertiary/aromatic N) is 7. The molecule has 1 aromatic carbocycles. The number of furan rings is 1. The first-order chi connectivity index (χ1) is 14.9. The number of aromatic nitrogens is 6. The summed E-state index contributed by atoms with van der Waals surface area (Å²) in [5, 5.41) is 2.99. The van der Waals surface area contributed by atoms with E-state index >= 15 is 0 Å². The predicted octanol–water partition coefficient (Wildman–Crippen LogP) is 1.06. The van der Waals surface area contributed by atoms with Crippen molar-refractivity contribution in [3.05, 3.63) is 53.7 Å². The average Bonchev–Trinajstić information content (AvgIpc) is 3.13. The van der Waals surface area contributed by atoms with Crippen molar-refractivity contribution in [1.82, 2.24) is 29.9 Å². The second-order valence-corrected chi connectivity index (χ2v) is 6.25. The highest BCUT2D eigenvalue weighted by Crippen LogP contribution is 2.19. The molecular formula is C18H18N12O. The molecule has 0 aliphatic rings. The molecule has 13 heteroatoms. The van der Waals surface area contributed by atoms with Gasteiger partial charge in [-0.1, -0.05) is 0 Å². The number of nitrogen functional groups attached to an aromatic ring is 4. The van der Waals surface area contributed by atoms with Crippen molar-refractivity contribution < 1.29 is 4.42 Å². The Balaban J connectivity index is 1.39. The van der Waals surface area contributed by atoms with Crippen molar-refractivity contribution in [1.29, 1.82) is 0 Å². The fourth-order valence-electron chi connectivity index (χ4n) is 2.61.